The van der Waals surface area contributed by atoms with Gasteiger partial charge in [0.25, 0.3) is 0 Å². The van der Waals surface area contributed by atoms with Crippen molar-refractivity contribution in [2.45, 2.75) is 38.1 Å². The van der Waals surface area contributed by atoms with Crippen molar-refractivity contribution in [1.82, 2.24) is 9.80 Å². The molecule has 0 atom stereocenters. The zero-order valence-electron chi connectivity index (χ0n) is 14.7. The average Bonchev–Trinajstić information content (AvgIpc) is 3.10. The molecule has 0 unspecified atom stereocenters. The Morgan fingerprint density at radius 1 is 1.04 bits per heavy atom. The van der Waals surface area contributed by atoms with Gasteiger partial charge in [-0.25, -0.2) is 0 Å². The van der Waals surface area contributed by atoms with Crippen LogP contribution in [-0.4, -0.2) is 47.9 Å². The van der Waals surface area contributed by atoms with Gasteiger partial charge in [-0.1, -0.05) is 37.5 Å². The SMILES string of the molecule is O=C(/C=C/c1cc2ccccc2o1)N1CCN(C2CCCCC2)CC1. The highest BCUT2D eigenvalue weighted by Crippen LogP contribution is 2.24. The Hall–Kier alpha value is -2.07. The summed E-state index contributed by atoms with van der Waals surface area (Å²) in [5, 5.41) is 1.07. The van der Waals surface area contributed by atoms with Gasteiger partial charge < -0.3 is 9.32 Å². The van der Waals surface area contributed by atoms with E-state index in [-0.39, 0.29) is 5.91 Å². The van der Waals surface area contributed by atoms with Gasteiger partial charge in [0.15, 0.2) is 0 Å². The Kier molecular flexibility index (Phi) is 4.88. The highest BCUT2D eigenvalue weighted by Gasteiger charge is 2.26. The van der Waals surface area contributed by atoms with Crippen LogP contribution >= 0.6 is 0 Å². The van der Waals surface area contributed by atoms with Gasteiger partial charge >= 0.3 is 0 Å². The molecule has 1 aromatic carbocycles. The topological polar surface area (TPSA) is 36.7 Å². The quantitative estimate of drug-likeness (QED) is 0.796. The van der Waals surface area contributed by atoms with E-state index in [1.165, 1.54) is 32.1 Å². The number of hydrogen-bond donors (Lipinski definition) is 0. The molecule has 1 aliphatic carbocycles. The van der Waals surface area contributed by atoms with Gasteiger partial charge in [0.05, 0.1) is 0 Å². The van der Waals surface area contributed by atoms with Crippen LogP contribution in [0.15, 0.2) is 40.8 Å². The number of carbonyl (C=O) groups excluding carboxylic acids is 1. The zero-order chi connectivity index (χ0) is 17.1. The number of nitrogens with zero attached hydrogens (tertiary/aromatic N) is 2. The largest absolute Gasteiger partial charge is 0.457 e. The van der Waals surface area contributed by atoms with Crippen LogP contribution in [0.4, 0.5) is 0 Å². The second-order valence-electron chi connectivity index (χ2n) is 7.17. The Bertz CT molecular complexity index is 717. The minimum atomic E-state index is 0.0868. The van der Waals surface area contributed by atoms with Gasteiger partial charge in [-0.15, -0.1) is 0 Å². The van der Waals surface area contributed by atoms with Crippen LogP contribution in [0.25, 0.3) is 17.0 Å². The van der Waals surface area contributed by atoms with Gasteiger partial charge in [0, 0.05) is 43.7 Å². The molecular weight excluding hydrogens is 312 g/mol. The zero-order valence-corrected chi connectivity index (χ0v) is 14.7. The van der Waals surface area contributed by atoms with Crippen molar-refractivity contribution in [3.05, 3.63) is 42.2 Å². The highest BCUT2D eigenvalue weighted by atomic mass is 16.3. The van der Waals surface area contributed by atoms with Crippen LogP contribution in [0.1, 0.15) is 37.9 Å². The average molecular weight is 338 g/mol. The van der Waals surface area contributed by atoms with Crippen LogP contribution in [0.3, 0.4) is 0 Å². The van der Waals surface area contributed by atoms with Gasteiger partial charge in [-0.3, -0.25) is 9.69 Å². The van der Waals surface area contributed by atoms with Crippen molar-refractivity contribution in [3.63, 3.8) is 0 Å². The fourth-order valence-electron chi connectivity index (χ4n) is 4.10. The first kappa shape index (κ1) is 16.4. The minimum Gasteiger partial charge on any atom is -0.457 e. The molecule has 0 spiro atoms. The second kappa shape index (κ2) is 7.44. The maximum Gasteiger partial charge on any atom is 0.246 e. The minimum absolute atomic E-state index is 0.0868. The van der Waals surface area contributed by atoms with E-state index in [4.69, 9.17) is 4.42 Å². The van der Waals surface area contributed by atoms with E-state index in [0.29, 0.717) is 0 Å². The lowest BCUT2D eigenvalue weighted by Crippen LogP contribution is -2.52. The summed E-state index contributed by atoms with van der Waals surface area (Å²) in [5.41, 5.74) is 0.857. The van der Waals surface area contributed by atoms with Crippen molar-refractivity contribution in [3.8, 4) is 0 Å². The number of fused-ring (bicyclic) bond motifs is 1. The van der Waals surface area contributed by atoms with Gasteiger partial charge in [-0.2, -0.15) is 0 Å². The number of hydrogen-bond acceptors (Lipinski definition) is 3. The highest BCUT2D eigenvalue weighted by molar-refractivity contribution is 5.92. The molecule has 25 heavy (non-hydrogen) atoms. The fourth-order valence-corrected chi connectivity index (χ4v) is 4.10. The molecule has 2 fully saturated rings. The summed E-state index contributed by atoms with van der Waals surface area (Å²) < 4.78 is 5.74. The summed E-state index contributed by atoms with van der Waals surface area (Å²) in [6.45, 7) is 3.68. The molecule has 2 aliphatic rings. The van der Waals surface area contributed by atoms with Crippen LogP contribution in [0, 0.1) is 0 Å². The Morgan fingerprint density at radius 2 is 1.80 bits per heavy atom. The third-order valence-electron chi connectivity index (χ3n) is 5.55. The lowest BCUT2D eigenvalue weighted by atomic mass is 9.94. The van der Waals surface area contributed by atoms with Gasteiger partial charge in [-0.05, 0) is 31.1 Å². The van der Waals surface area contributed by atoms with Crippen molar-refractivity contribution in [2.75, 3.05) is 26.2 Å². The van der Waals surface area contributed by atoms with Crippen molar-refractivity contribution >= 4 is 23.0 Å². The molecule has 1 aromatic heterocycles. The van der Waals surface area contributed by atoms with Crippen molar-refractivity contribution < 1.29 is 9.21 Å². The standard InChI is InChI=1S/C21H26N2O2/c24-21(11-10-19-16-17-6-4-5-9-20(17)25-19)23-14-12-22(13-15-23)18-7-2-1-3-8-18/h4-6,9-11,16,18H,1-3,7-8,12-15H2/b11-10+. The molecule has 4 nitrogen and oxygen atoms in total. The number of para-hydroxylation sites is 1. The molecule has 1 amide bonds. The molecular formula is C21H26N2O2. The normalized spacial score (nSPS) is 20.6. The molecule has 1 saturated carbocycles. The van der Waals surface area contributed by atoms with Crippen LogP contribution < -0.4 is 0 Å². The predicted octanol–water partition coefficient (Wildman–Crippen LogP) is 3.92. The third kappa shape index (κ3) is 3.79. The molecule has 2 aromatic rings. The first-order valence-corrected chi connectivity index (χ1v) is 9.49. The monoisotopic (exact) mass is 338 g/mol. The van der Waals surface area contributed by atoms with Crippen LogP contribution in [-0.2, 0) is 4.79 Å². The number of furan rings is 1. The molecule has 1 aliphatic heterocycles. The number of benzene rings is 1. The van der Waals surface area contributed by atoms with E-state index in [2.05, 4.69) is 4.90 Å². The lowest BCUT2D eigenvalue weighted by molar-refractivity contribution is -0.128. The number of rotatable bonds is 3. The second-order valence-corrected chi connectivity index (χ2v) is 7.17. The Balaban J connectivity index is 1.32. The molecule has 0 bridgehead atoms. The number of piperazine rings is 1. The van der Waals surface area contributed by atoms with E-state index >= 15 is 0 Å². The smallest absolute Gasteiger partial charge is 0.246 e. The third-order valence-corrected chi connectivity index (χ3v) is 5.55. The fraction of sp³-hybridized carbons (Fsp3) is 0.476. The first-order valence-electron chi connectivity index (χ1n) is 9.49. The van der Waals surface area contributed by atoms with Crippen LogP contribution in [0.2, 0.25) is 0 Å². The van der Waals surface area contributed by atoms with E-state index in [1.54, 1.807) is 12.2 Å². The van der Waals surface area contributed by atoms with E-state index in [1.807, 2.05) is 35.2 Å². The molecule has 0 radical (unpaired) electrons. The van der Waals surface area contributed by atoms with Crippen molar-refractivity contribution in [1.29, 1.82) is 0 Å². The summed E-state index contributed by atoms with van der Waals surface area (Å²) in [5.74, 6) is 0.819. The Labute approximate surface area is 149 Å². The Morgan fingerprint density at radius 3 is 2.56 bits per heavy atom. The van der Waals surface area contributed by atoms with Gasteiger partial charge in [0.2, 0.25) is 5.91 Å². The van der Waals surface area contributed by atoms with E-state index in [0.717, 1.165) is 49.0 Å². The lowest BCUT2D eigenvalue weighted by Gasteiger charge is -2.40. The first-order chi connectivity index (χ1) is 12.3. The molecule has 2 heterocycles. The summed E-state index contributed by atoms with van der Waals surface area (Å²) in [4.78, 5) is 17.0. The molecule has 132 valence electrons. The molecule has 1 saturated heterocycles. The predicted molar refractivity (Wildman–Crippen MR) is 100 cm³/mol. The van der Waals surface area contributed by atoms with E-state index < -0.39 is 0 Å². The van der Waals surface area contributed by atoms with Crippen LogP contribution in [0.5, 0.6) is 0 Å². The summed E-state index contributed by atoms with van der Waals surface area (Å²) in [6, 6.07) is 10.6. The summed E-state index contributed by atoms with van der Waals surface area (Å²) >= 11 is 0. The maximum atomic E-state index is 12.4. The number of amides is 1. The maximum absolute atomic E-state index is 12.4. The van der Waals surface area contributed by atoms with Crippen molar-refractivity contribution in [2.24, 2.45) is 0 Å². The summed E-state index contributed by atoms with van der Waals surface area (Å²) in [6.07, 6.45) is 10.2. The van der Waals surface area contributed by atoms with Gasteiger partial charge in [0.1, 0.15) is 11.3 Å². The molecule has 4 rings (SSSR count). The number of carbonyl (C=O) groups is 1. The molecule has 0 N–H and O–H groups in total. The van der Waals surface area contributed by atoms with E-state index in [9.17, 15) is 4.79 Å². The molecule has 4 heteroatoms. The summed E-state index contributed by atoms with van der Waals surface area (Å²) in [7, 11) is 0.